The number of rotatable bonds is 7. The molecule has 2 unspecified atom stereocenters. The molecule has 0 aromatic carbocycles. The highest BCUT2D eigenvalue weighted by molar-refractivity contribution is 7.85. The molecule has 0 spiro atoms. The van der Waals surface area contributed by atoms with Crippen LogP contribution in [0, 0.1) is 0 Å². The highest BCUT2D eigenvalue weighted by atomic mass is 32.2. The minimum Gasteiger partial charge on any atom is -0.509 e. The molecule has 0 aliphatic rings. The second-order valence-corrected chi connectivity index (χ2v) is 4.54. The number of hydrogen-bond acceptors (Lipinski definition) is 2. The van der Waals surface area contributed by atoms with Crippen LogP contribution in [0.5, 0.6) is 0 Å². The number of unbranched alkanes of at least 4 members (excludes halogenated alkanes) is 3. The third kappa shape index (κ3) is 5.80. The first kappa shape index (κ1) is 12.6. The molecule has 2 atom stereocenters. The van der Waals surface area contributed by atoms with Crippen molar-refractivity contribution in [3.8, 4) is 0 Å². The molecule has 0 aromatic heterocycles. The van der Waals surface area contributed by atoms with E-state index in [9.17, 15) is 8.60 Å². The van der Waals surface area contributed by atoms with Crippen LogP contribution < -0.4 is 0 Å². The summed E-state index contributed by atoms with van der Waals surface area (Å²) in [7, 11) is -1.61. The fourth-order valence-corrected chi connectivity index (χ4v) is 1.93. The molecular formula is C9H17FO2S. The normalized spacial score (nSPS) is 15.2. The zero-order valence-corrected chi connectivity index (χ0v) is 8.78. The lowest BCUT2D eigenvalue weighted by atomic mass is 10.2. The minimum atomic E-state index is -1.78. The molecule has 0 saturated heterocycles. The zero-order chi connectivity index (χ0) is 10.3. The van der Waals surface area contributed by atoms with Crippen LogP contribution in [-0.4, -0.2) is 20.6 Å². The van der Waals surface area contributed by atoms with Gasteiger partial charge >= 0.3 is 0 Å². The maximum Gasteiger partial charge on any atom is 0.230 e. The Morgan fingerprint density at radius 3 is 2.62 bits per heavy atom. The van der Waals surface area contributed by atoms with Crippen LogP contribution in [-0.2, 0) is 10.8 Å². The summed E-state index contributed by atoms with van der Waals surface area (Å²) in [5.74, 6) is -0.324. The van der Waals surface area contributed by atoms with Gasteiger partial charge in [0.1, 0.15) is 5.76 Å². The molecule has 0 fully saturated rings. The molecule has 0 rings (SSSR count). The molecule has 2 nitrogen and oxygen atoms in total. The molecule has 0 aromatic rings. The third-order valence-corrected chi connectivity index (χ3v) is 3.12. The van der Waals surface area contributed by atoms with Crippen LogP contribution in [0.15, 0.2) is 12.3 Å². The van der Waals surface area contributed by atoms with Crippen molar-refractivity contribution in [2.45, 2.75) is 38.1 Å². The van der Waals surface area contributed by atoms with E-state index in [1.54, 1.807) is 0 Å². The van der Waals surface area contributed by atoms with E-state index in [1.807, 2.05) is 0 Å². The van der Waals surface area contributed by atoms with Gasteiger partial charge in [0.15, 0.2) is 0 Å². The number of alkyl halides is 1. The average molecular weight is 208 g/mol. The molecule has 0 heterocycles. The van der Waals surface area contributed by atoms with E-state index in [2.05, 4.69) is 13.5 Å². The Hall–Kier alpha value is -0.380. The second-order valence-electron chi connectivity index (χ2n) is 2.95. The first-order valence-corrected chi connectivity index (χ1v) is 5.86. The maximum atomic E-state index is 12.8. The minimum absolute atomic E-state index is 0.306. The predicted octanol–water partition coefficient (Wildman–Crippen LogP) is 2.68. The van der Waals surface area contributed by atoms with Crippen LogP contribution >= 0.6 is 0 Å². The molecule has 78 valence electrons. The number of aliphatic hydroxyl groups is 1. The van der Waals surface area contributed by atoms with Gasteiger partial charge in [-0.2, -0.15) is 0 Å². The Balaban J connectivity index is 3.56. The van der Waals surface area contributed by atoms with Crippen molar-refractivity contribution < 1.29 is 13.7 Å². The van der Waals surface area contributed by atoms with Crippen LogP contribution in [0.1, 0.15) is 32.6 Å². The Morgan fingerprint density at radius 1 is 1.54 bits per heavy atom. The van der Waals surface area contributed by atoms with Gasteiger partial charge in [-0.05, 0) is 6.42 Å². The largest absolute Gasteiger partial charge is 0.509 e. The van der Waals surface area contributed by atoms with Gasteiger partial charge in [0, 0.05) is 5.75 Å². The van der Waals surface area contributed by atoms with E-state index in [1.165, 1.54) is 0 Å². The van der Waals surface area contributed by atoms with Gasteiger partial charge in [-0.25, -0.2) is 4.39 Å². The van der Waals surface area contributed by atoms with E-state index in [-0.39, 0.29) is 0 Å². The van der Waals surface area contributed by atoms with Gasteiger partial charge in [-0.15, -0.1) is 0 Å². The first-order valence-electron chi connectivity index (χ1n) is 4.48. The topological polar surface area (TPSA) is 37.3 Å². The molecule has 13 heavy (non-hydrogen) atoms. The van der Waals surface area contributed by atoms with Crippen molar-refractivity contribution in [2.75, 3.05) is 5.75 Å². The summed E-state index contributed by atoms with van der Waals surface area (Å²) in [5.41, 5.74) is -1.78. The van der Waals surface area contributed by atoms with E-state index < -0.39 is 22.1 Å². The summed E-state index contributed by atoms with van der Waals surface area (Å²) in [6.07, 6.45) is 3.88. The van der Waals surface area contributed by atoms with Gasteiger partial charge in [-0.3, -0.25) is 4.21 Å². The van der Waals surface area contributed by atoms with Crippen LogP contribution in [0.3, 0.4) is 0 Å². The average Bonchev–Trinajstić information content (AvgIpc) is 2.10. The van der Waals surface area contributed by atoms with Gasteiger partial charge in [-0.1, -0.05) is 32.8 Å². The van der Waals surface area contributed by atoms with Gasteiger partial charge < -0.3 is 5.11 Å². The SMILES string of the molecule is C=C(O)C(F)S(=O)CCCCCC. The predicted molar refractivity (Wildman–Crippen MR) is 53.8 cm³/mol. The van der Waals surface area contributed by atoms with Crippen LogP contribution in [0.2, 0.25) is 0 Å². The van der Waals surface area contributed by atoms with E-state index in [4.69, 9.17) is 5.11 Å². The molecular weight excluding hydrogens is 191 g/mol. The summed E-state index contributed by atoms with van der Waals surface area (Å²) in [5, 5.41) is 8.63. The molecule has 0 aliphatic heterocycles. The molecule has 1 N–H and O–H groups in total. The van der Waals surface area contributed by atoms with Crippen molar-refractivity contribution in [3.63, 3.8) is 0 Å². The van der Waals surface area contributed by atoms with E-state index in [0.29, 0.717) is 5.75 Å². The fourth-order valence-electron chi connectivity index (χ4n) is 0.926. The lowest BCUT2D eigenvalue weighted by Gasteiger charge is -2.05. The fraction of sp³-hybridized carbons (Fsp3) is 0.778. The second kappa shape index (κ2) is 7.06. The number of halogens is 1. The zero-order valence-electron chi connectivity index (χ0n) is 7.96. The summed E-state index contributed by atoms with van der Waals surface area (Å²) in [4.78, 5) is 0. The standard InChI is InChI=1S/C9H17FO2S/c1-3-4-5-6-7-13(12)9(10)8(2)11/h9,11H,2-7H2,1H3. The molecule has 0 radical (unpaired) electrons. The third-order valence-electron chi connectivity index (χ3n) is 1.69. The lowest BCUT2D eigenvalue weighted by Crippen LogP contribution is -2.14. The Bertz CT molecular complexity index is 182. The molecule has 4 heteroatoms. The Morgan fingerprint density at radius 2 is 2.15 bits per heavy atom. The molecule has 0 aliphatic carbocycles. The smallest absolute Gasteiger partial charge is 0.230 e. The summed E-state index contributed by atoms with van der Waals surface area (Å²) < 4.78 is 23.8. The Kier molecular flexibility index (Phi) is 6.86. The molecule has 0 amide bonds. The number of hydrogen-bond donors (Lipinski definition) is 1. The highest BCUT2D eigenvalue weighted by Gasteiger charge is 2.17. The van der Waals surface area contributed by atoms with Crippen molar-refractivity contribution in [3.05, 3.63) is 12.3 Å². The molecule has 0 bridgehead atoms. The highest BCUT2D eigenvalue weighted by Crippen LogP contribution is 2.09. The van der Waals surface area contributed by atoms with E-state index >= 15 is 0 Å². The van der Waals surface area contributed by atoms with Gasteiger partial charge in [0.2, 0.25) is 5.50 Å². The van der Waals surface area contributed by atoms with Gasteiger partial charge in [0.25, 0.3) is 0 Å². The quantitative estimate of drug-likeness (QED) is 0.516. The summed E-state index contributed by atoms with van der Waals surface area (Å²) in [6.45, 7) is 5.08. The Labute approximate surface area is 81.3 Å². The summed E-state index contributed by atoms with van der Waals surface area (Å²) >= 11 is 0. The molecule has 0 saturated carbocycles. The first-order chi connectivity index (χ1) is 6.09. The maximum absolute atomic E-state index is 12.8. The van der Waals surface area contributed by atoms with E-state index in [0.717, 1.165) is 25.7 Å². The van der Waals surface area contributed by atoms with Crippen molar-refractivity contribution in [2.24, 2.45) is 0 Å². The van der Waals surface area contributed by atoms with Gasteiger partial charge in [0.05, 0.1) is 10.8 Å². The summed E-state index contributed by atoms with van der Waals surface area (Å²) in [6, 6.07) is 0. The van der Waals surface area contributed by atoms with Crippen molar-refractivity contribution >= 4 is 10.8 Å². The van der Waals surface area contributed by atoms with Crippen LogP contribution in [0.25, 0.3) is 0 Å². The van der Waals surface area contributed by atoms with Crippen molar-refractivity contribution in [1.29, 1.82) is 0 Å². The lowest BCUT2D eigenvalue weighted by molar-refractivity contribution is 0.321. The monoisotopic (exact) mass is 208 g/mol. The van der Waals surface area contributed by atoms with Crippen LogP contribution in [0.4, 0.5) is 4.39 Å². The van der Waals surface area contributed by atoms with Crippen molar-refractivity contribution in [1.82, 2.24) is 0 Å². The number of aliphatic hydroxyl groups excluding tert-OH is 1.